The summed E-state index contributed by atoms with van der Waals surface area (Å²) < 4.78 is 45.9. The van der Waals surface area contributed by atoms with Crippen molar-refractivity contribution in [1.82, 2.24) is 9.97 Å². The Morgan fingerprint density at radius 1 is 1.00 bits per heavy atom. The predicted molar refractivity (Wildman–Crippen MR) is 107 cm³/mol. The van der Waals surface area contributed by atoms with Crippen LogP contribution in [0.4, 0.5) is 36.3 Å². The zero-order chi connectivity index (χ0) is 21.0. The number of ether oxygens (including phenoxy) is 1. The molecular formula is C20H18ClF3N4O. The van der Waals surface area contributed by atoms with Gasteiger partial charge in [-0.3, -0.25) is 0 Å². The number of nitrogens with one attached hydrogen (secondary N) is 2. The highest BCUT2D eigenvalue weighted by molar-refractivity contribution is 6.30. The van der Waals surface area contributed by atoms with Crippen LogP contribution in [0.5, 0.6) is 5.75 Å². The molecule has 3 rings (SSSR count). The third kappa shape index (κ3) is 5.74. The lowest BCUT2D eigenvalue weighted by molar-refractivity contribution is -0.137. The molecular weight excluding hydrogens is 405 g/mol. The Labute approximate surface area is 170 Å². The fraction of sp³-hybridized carbons (Fsp3) is 0.200. The lowest BCUT2D eigenvalue weighted by atomic mass is 10.2. The summed E-state index contributed by atoms with van der Waals surface area (Å²) in [4.78, 5) is 7.80. The normalized spacial score (nSPS) is 11.4. The van der Waals surface area contributed by atoms with E-state index >= 15 is 0 Å². The average Bonchev–Trinajstić information content (AvgIpc) is 2.62. The fourth-order valence-corrected chi connectivity index (χ4v) is 2.59. The van der Waals surface area contributed by atoms with Crippen molar-refractivity contribution in [3.8, 4) is 5.75 Å². The summed E-state index contributed by atoms with van der Waals surface area (Å²) in [5.74, 6) is 0.176. The van der Waals surface area contributed by atoms with Gasteiger partial charge in [0.15, 0.2) is 0 Å². The lowest BCUT2D eigenvalue weighted by Gasteiger charge is -2.16. The van der Waals surface area contributed by atoms with Gasteiger partial charge in [-0.25, -0.2) is 4.98 Å². The minimum absolute atomic E-state index is 0.0115. The third-order valence-corrected chi connectivity index (χ3v) is 3.92. The minimum atomic E-state index is -4.62. The van der Waals surface area contributed by atoms with Crippen LogP contribution in [-0.2, 0) is 6.18 Å². The van der Waals surface area contributed by atoms with Crippen LogP contribution in [0, 0.1) is 0 Å². The monoisotopic (exact) mass is 422 g/mol. The number of nitrogens with zero attached hydrogens (tertiary/aromatic N) is 2. The third-order valence-electron chi connectivity index (χ3n) is 3.66. The molecule has 5 nitrogen and oxygen atoms in total. The number of alkyl halides is 3. The number of benzene rings is 2. The molecule has 0 aliphatic rings. The molecule has 0 aliphatic carbocycles. The van der Waals surface area contributed by atoms with Crippen molar-refractivity contribution in [3.05, 3.63) is 65.3 Å². The summed E-state index contributed by atoms with van der Waals surface area (Å²) in [6, 6.07) is 13.3. The zero-order valence-corrected chi connectivity index (χ0v) is 16.3. The van der Waals surface area contributed by atoms with Crippen molar-refractivity contribution in [2.24, 2.45) is 0 Å². The number of hydrogen-bond donors (Lipinski definition) is 2. The molecule has 1 aromatic heterocycles. The number of halogens is 4. The van der Waals surface area contributed by atoms with Gasteiger partial charge in [0.25, 0.3) is 0 Å². The van der Waals surface area contributed by atoms with Gasteiger partial charge in [-0.1, -0.05) is 17.7 Å². The second kappa shape index (κ2) is 8.57. The van der Waals surface area contributed by atoms with Gasteiger partial charge in [-0.05, 0) is 50.2 Å². The average molecular weight is 423 g/mol. The Balaban J connectivity index is 1.91. The van der Waals surface area contributed by atoms with Crippen LogP contribution in [0.2, 0.25) is 5.02 Å². The molecule has 0 amide bonds. The number of hydrogen-bond acceptors (Lipinski definition) is 5. The largest absolute Gasteiger partial charge is 0.491 e. The van der Waals surface area contributed by atoms with Crippen LogP contribution in [0.15, 0.2) is 54.7 Å². The van der Waals surface area contributed by atoms with E-state index in [9.17, 15) is 13.2 Å². The molecule has 0 saturated heterocycles. The van der Waals surface area contributed by atoms with Crippen LogP contribution in [0.25, 0.3) is 0 Å². The highest BCUT2D eigenvalue weighted by Crippen LogP contribution is 2.35. The molecule has 152 valence electrons. The standard InChI is InChI=1S/C20H18ClF3N4O/c1-12(2)29-16-5-3-4-15(10-16)26-18-17(20(22,23)24)11-25-19(28-18)27-14-8-6-13(21)7-9-14/h3-12H,1-2H3,(H2,25,26,27,28). The van der Waals surface area contributed by atoms with E-state index in [1.54, 1.807) is 48.5 Å². The van der Waals surface area contributed by atoms with Gasteiger partial charge in [-0.2, -0.15) is 18.2 Å². The van der Waals surface area contributed by atoms with E-state index in [-0.39, 0.29) is 17.9 Å². The Morgan fingerprint density at radius 3 is 2.38 bits per heavy atom. The molecule has 0 bridgehead atoms. The maximum absolute atomic E-state index is 13.4. The number of rotatable bonds is 6. The fourth-order valence-electron chi connectivity index (χ4n) is 2.46. The molecule has 0 fully saturated rings. The Bertz CT molecular complexity index is 978. The molecule has 1 heterocycles. The van der Waals surface area contributed by atoms with Crippen LogP contribution in [-0.4, -0.2) is 16.1 Å². The first-order valence-corrected chi connectivity index (χ1v) is 9.09. The maximum Gasteiger partial charge on any atom is 0.421 e. The van der Waals surface area contributed by atoms with E-state index in [1.165, 1.54) is 0 Å². The first-order valence-electron chi connectivity index (χ1n) is 8.71. The van der Waals surface area contributed by atoms with E-state index in [1.807, 2.05) is 13.8 Å². The summed E-state index contributed by atoms with van der Waals surface area (Å²) in [5, 5.41) is 6.11. The van der Waals surface area contributed by atoms with Gasteiger partial charge in [0.2, 0.25) is 5.95 Å². The van der Waals surface area contributed by atoms with Crippen LogP contribution >= 0.6 is 11.6 Å². The molecule has 9 heteroatoms. The Morgan fingerprint density at radius 2 is 1.72 bits per heavy atom. The first-order chi connectivity index (χ1) is 13.7. The van der Waals surface area contributed by atoms with Gasteiger partial charge in [0.1, 0.15) is 17.1 Å². The SMILES string of the molecule is CC(C)Oc1cccc(Nc2nc(Nc3ccc(Cl)cc3)ncc2C(F)(F)F)c1. The van der Waals surface area contributed by atoms with E-state index in [0.717, 1.165) is 6.20 Å². The first kappa shape index (κ1) is 20.7. The molecule has 2 N–H and O–H groups in total. The van der Waals surface area contributed by atoms with E-state index < -0.39 is 11.7 Å². The van der Waals surface area contributed by atoms with Crippen LogP contribution in [0.1, 0.15) is 19.4 Å². The van der Waals surface area contributed by atoms with Crippen molar-refractivity contribution in [2.45, 2.75) is 26.1 Å². The summed E-state index contributed by atoms with van der Waals surface area (Å²) in [7, 11) is 0. The molecule has 0 saturated carbocycles. The van der Waals surface area contributed by atoms with E-state index in [2.05, 4.69) is 20.6 Å². The Kier molecular flexibility index (Phi) is 6.12. The molecule has 0 radical (unpaired) electrons. The predicted octanol–water partition coefficient (Wildman–Crippen LogP) is 6.42. The van der Waals surface area contributed by atoms with Crippen LogP contribution in [0.3, 0.4) is 0 Å². The summed E-state index contributed by atoms with van der Waals surface area (Å²) in [5.41, 5.74) is 0.0200. The van der Waals surface area contributed by atoms with Gasteiger partial charge >= 0.3 is 6.18 Å². The van der Waals surface area contributed by atoms with Crippen molar-refractivity contribution < 1.29 is 17.9 Å². The second-order valence-corrected chi connectivity index (χ2v) is 6.84. The highest BCUT2D eigenvalue weighted by Gasteiger charge is 2.35. The van der Waals surface area contributed by atoms with Gasteiger partial charge in [0.05, 0.1) is 6.10 Å². The van der Waals surface area contributed by atoms with E-state index in [0.29, 0.717) is 22.1 Å². The summed E-state index contributed by atoms with van der Waals surface area (Å²) in [6.45, 7) is 3.72. The smallest absolute Gasteiger partial charge is 0.421 e. The molecule has 0 unspecified atom stereocenters. The Hall–Kier alpha value is -3.00. The van der Waals surface area contributed by atoms with Crippen molar-refractivity contribution in [1.29, 1.82) is 0 Å². The summed E-state index contributed by atoms with van der Waals surface area (Å²) >= 11 is 5.84. The van der Waals surface area contributed by atoms with Crippen LogP contribution < -0.4 is 15.4 Å². The van der Waals surface area contributed by atoms with Gasteiger partial charge in [-0.15, -0.1) is 0 Å². The minimum Gasteiger partial charge on any atom is -0.491 e. The highest BCUT2D eigenvalue weighted by atomic mass is 35.5. The van der Waals surface area contributed by atoms with Crippen molar-refractivity contribution in [3.63, 3.8) is 0 Å². The van der Waals surface area contributed by atoms with E-state index in [4.69, 9.17) is 16.3 Å². The second-order valence-electron chi connectivity index (χ2n) is 6.40. The quantitative estimate of drug-likeness (QED) is 0.479. The lowest BCUT2D eigenvalue weighted by Crippen LogP contribution is -2.12. The maximum atomic E-state index is 13.4. The van der Waals surface area contributed by atoms with Gasteiger partial charge < -0.3 is 15.4 Å². The number of anilines is 4. The van der Waals surface area contributed by atoms with Gasteiger partial charge in [0, 0.05) is 28.7 Å². The zero-order valence-electron chi connectivity index (χ0n) is 15.6. The number of aromatic nitrogens is 2. The molecule has 29 heavy (non-hydrogen) atoms. The molecule has 3 aromatic rings. The molecule has 2 aromatic carbocycles. The van der Waals surface area contributed by atoms with Crippen molar-refractivity contribution >= 4 is 34.7 Å². The molecule has 0 atom stereocenters. The summed E-state index contributed by atoms with van der Waals surface area (Å²) in [6.07, 6.45) is -3.94. The topological polar surface area (TPSA) is 59.1 Å². The van der Waals surface area contributed by atoms with Crippen molar-refractivity contribution in [2.75, 3.05) is 10.6 Å². The molecule has 0 spiro atoms. The molecule has 0 aliphatic heterocycles.